The Kier molecular flexibility index (Phi) is 11.3. The number of nitrogens with two attached hydrogens (primary N) is 2. The number of nitrogens with one attached hydrogen (secondary N) is 4. The number of benzene rings is 3. The highest BCUT2D eigenvalue weighted by Gasteiger charge is 2.29. The lowest BCUT2D eigenvalue weighted by Crippen LogP contribution is -2.48. The number of aryl methyl sites for hydroxylation is 1. The van der Waals surface area contributed by atoms with Gasteiger partial charge in [-0.05, 0) is 135 Å². The van der Waals surface area contributed by atoms with Crippen LogP contribution >= 0.6 is 0 Å². The van der Waals surface area contributed by atoms with Crippen LogP contribution < -0.4 is 27.4 Å². The molecule has 6 rings (SSSR count). The number of carbonyl (C=O) groups is 3. The molecule has 50 heavy (non-hydrogen) atoms. The van der Waals surface area contributed by atoms with Gasteiger partial charge in [-0.25, -0.2) is 0 Å². The predicted molar refractivity (Wildman–Crippen MR) is 193 cm³/mol. The number of aromatic amines is 1. The van der Waals surface area contributed by atoms with Crippen molar-refractivity contribution < 1.29 is 14.4 Å². The molecule has 8 N–H and O–H groups in total. The van der Waals surface area contributed by atoms with Crippen LogP contribution in [0.3, 0.4) is 0 Å². The van der Waals surface area contributed by atoms with Crippen molar-refractivity contribution in [3.05, 3.63) is 83.4 Å². The molecule has 1 unspecified atom stereocenters. The summed E-state index contributed by atoms with van der Waals surface area (Å²) in [6, 6.07) is 20.6. The highest BCUT2D eigenvalue weighted by atomic mass is 16.2. The van der Waals surface area contributed by atoms with Crippen LogP contribution in [0.2, 0.25) is 0 Å². The lowest BCUT2D eigenvalue weighted by atomic mass is 9.81. The minimum Gasteiger partial charge on any atom is -0.349 e. The largest absolute Gasteiger partial charge is 0.349 e. The van der Waals surface area contributed by atoms with Gasteiger partial charge in [0.15, 0.2) is 0 Å². The molecule has 2 aliphatic rings. The summed E-state index contributed by atoms with van der Waals surface area (Å²) in [5.74, 6) is 0.308. The Labute approximate surface area is 292 Å². The maximum Gasteiger partial charge on any atom is 0.251 e. The Balaban J connectivity index is 1.13. The number of H-pyrrole nitrogens is 1. The van der Waals surface area contributed by atoms with Gasteiger partial charge in [-0.3, -0.25) is 14.4 Å². The number of hydrogen-bond donors (Lipinski definition) is 6. The smallest absolute Gasteiger partial charge is 0.251 e. The van der Waals surface area contributed by atoms with Gasteiger partial charge >= 0.3 is 0 Å². The summed E-state index contributed by atoms with van der Waals surface area (Å²) in [7, 11) is 0. The molecule has 1 aromatic heterocycles. The second-order valence-corrected chi connectivity index (χ2v) is 13.8. The van der Waals surface area contributed by atoms with E-state index in [2.05, 4.69) is 36.6 Å². The molecule has 0 radical (unpaired) electrons. The normalized spacial score (nSPS) is 21.2. The summed E-state index contributed by atoms with van der Waals surface area (Å²) in [5.41, 5.74) is 17.8. The second-order valence-electron chi connectivity index (χ2n) is 13.8. The molecule has 0 saturated heterocycles. The van der Waals surface area contributed by atoms with Gasteiger partial charge in [0.1, 0.15) is 6.04 Å². The number of rotatable bonds is 11. The van der Waals surface area contributed by atoms with Crippen molar-refractivity contribution in [1.82, 2.24) is 31.3 Å². The summed E-state index contributed by atoms with van der Waals surface area (Å²) >= 11 is 0. The Hall–Kier alpha value is -4.94. The molecule has 2 aliphatic carbocycles. The molecule has 4 aromatic rings. The average molecular weight is 678 g/mol. The molecule has 3 aromatic carbocycles. The molecule has 1 atom stereocenters. The van der Waals surface area contributed by atoms with Crippen molar-refractivity contribution in [2.75, 3.05) is 11.9 Å². The van der Waals surface area contributed by atoms with Crippen molar-refractivity contribution in [3.63, 3.8) is 0 Å². The number of carbonyl (C=O) groups excluding carboxylic acids is 3. The molecule has 2 saturated carbocycles. The van der Waals surface area contributed by atoms with Crippen molar-refractivity contribution in [1.29, 1.82) is 0 Å². The maximum absolute atomic E-state index is 13.7. The zero-order valence-electron chi connectivity index (χ0n) is 28.5. The molecule has 0 aliphatic heterocycles. The summed E-state index contributed by atoms with van der Waals surface area (Å²) in [4.78, 5) is 40.1. The predicted octanol–water partition coefficient (Wildman–Crippen LogP) is 4.27. The Bertz CT molecular complexity index is 1740. The molecule has 3 amide bonds. The molecule has 262 valence electrons. The van der Waals surface area contributed by atoms with Gasteiger partial charge in [-0.2, -0.15) is 5.21 Å². The third-order valence-corrected chi connectivity index (χ3v) is 10.2. The fourth-order valence-corrected chi connectivity index (χ4v) is 7.09. The standard InChI is InChI=1S/C38H47N9O3/c1-23-20-29(37(49)41-32-17-13-30(40)14-18-32)12-19-33(23)26-6-2-24(3-7-26)21-34(43-36(48)28-8-4-25(22-39)5-9-28)38(50)42-31-15-10-27(11-16-31)35-44-46-47-45-35/h2-3,6-7,10-12,15-16,19-20,25,28,30,32,34H,4-5,8-9,13-14,17-18,21-22,39-40H2,1H3,(H,41,49)(H,42,50)(H,43,48)(H,44,45,46,47). The van der Waals surface area contributed by atoms with E-state index < -0.39 is 6.04 Å². The summed E-state index contributed by atoms with van der Waals surface area (Å²) < 4.78 is 0. The van der Waals surface area contributed by atoms with Crippen LogP contribution in [0.25, 0.3) is 22.5 Å². The fraction of sp³-hybridized carbons (Fsp3) is 0.421. The number of aromatic nitrogens is 4. The quantitative estimate of drug-likeness (QED) is 0.135. The van der Waals surface area contributed by atoms with Crippen molar-refractivity contribution in [2.45, 2.75) is 82.8 Å². The molecular weight excluding hydrogens is 630 g/mol. The topological polar surface area (TPSA) is 194 Å². The summed E-state index contributed by atoms with van der Waals surface area (Å²) in [6.07, 6.45) is 7.38. The monoisotopic (exact) mass is 677 g/mol. The molecule has 2 fully saturated rings. The zero-order chi connectivity index (χ0) is 35.0. The van der Waals surface area contributed by atoms with Gasteiger partial charge in [0.05, 0.1) is 0 Å². The van der Waals surface area contributed by atoms with Gasteiger partial charge in [0.2, 0.25) is 17.6 Å². The SMILES string of the molecule is Cc1cc(C(=O)NC2CCC(N)CC2)ccc1-c1ccc(CC(NC(=O)C2CCC(CN)CC2)C(=O)Nc2ccc(-c3nn[nH]n3)cc2)cc1. The van der Waals surface area contributed by atoms with Gasteiger partial charge in [-0.15, -0.1) is 10.2 Å². The first-order valence-electron chi connectivity index (χ1n) is 17.7. The van der Waals surface area contributed by atoms with Crippen molar-refractivity contribution in [2.24, 2.45) is 23.3 Å². The molecule has 12 nitrogen and oxygen atoms in total. The van der Waals surface area contributed by atoms with Gasteiger partial charge < -0.3 is 27.4 Å². The molecule has 1 heterocycles. The van der Waals surface area contributed by atoms with E-state index in [9.17, 15) is 14.4 Å². The third kappa shape index (κ3) is 8.80. The highest BCUT2D eigenvalue weighted by Crippen LogP contribution is 2.29. The van der Waals surface area contributed by atoms with E-state index in [1.807, 2.05) is 49.4 Å². The van der Waals surface area contributed by atoms with Crippen molar-refractivity contribution in [3.8, 4) is 22.5 Å². The van der Waals surface area contributed by atoms with E-state index in [1.165, 1.54) is 0 Å². The lowest BCUT2D eigenvalue weighted by Gasteiger charge is -2.28. The number of nitrogens with zero attached hydrogens (tertiary/aromatic N) is 3. The van der Waals surface area contributed by atoms with Crippen LogP contribution in [-0.4, -0.2) is 63.0 Å². The molecular formula is C38H47N9O3. The highest BCUT2D eigenvalue weighted by molar-refractivity contribution is 5.98. The first-order valence-corrected chi connectivity index (χ1v) is 17.7. The molecule has 0 bridgehead atoms. The van der Waals surface area contributed by atoms with E-state index >= 15 is 0 Å². The van der Waals surface area contributed by atoms with E-state index in [4.69, 9.17) is 11.5 Å². The van der Waals surface area contributed by atoms with Crippen LogP contribution in [0.4, 0.5) is 5.69 Å². The first kappa shape index (κ1) is 34.9. The summed E-state index contributed by atoms with van der Waals surface area (Å²) in [6.45, 7) is 2.64. The summed E-state index contributed by atoms with van der Waals surface area (Å²) in [5, 5.41) is 23.2. The van der Waals surface area contributed by atoms with E-state index in [1.54, 1.807) is 24.3 Å². The molecule has 0 spiro atoms. The minimum atomic E-state index is -0.781. The van der Waals surface area contributed by atoms with Crippen LogP contribution in [-0.2, 0) is 16.0 Å². The maximum atomic E-state index is 13.7. The van der Waals surface area contributed by atoms with E-state index in [0.717, 1.165) is 79.2 Å². The number of anilines is 1. The van der Waals surface area contributed by atoms with Crippen molar-refractivity contribution >= 4 is 23.4 Å². The van der Waals surface area contributed by atoms with E-state index in [0.29, 0.717) is 36.0 Å². The first-order chi connectivity index (χ1) is 24.2. The Morgan fingerprint density at radius 3 is 2.22 bits per heavy atom. The third-order valence-electron chi connectivity index (χ3n) is 10.2. The van der Waals surface area contributed by atoms with Crippen LogP contribution in [0.1, 0.15) is 72.9 Å². The van der Waals surface area contributed by atoms with Crippen LogP contribution in [0.5, 0.6) is 0 Å². The number of amides is 3. The van der Waals surface area contributed by atoms with Gasteiger partial charge in [-0.1, -0.05) is 30.3 Å². The fourth-order valence-electron chi connectivity index (χ4n) is 7.09. The van der Waals surface area contributed by atoms with Crippen LogP contribution in [0, 0.1) is 18.8 Å². The Morgan fingerprint density at radius 1 is 0.880 bits per heavy atom. The lowest BCUT2D eigenvalue weighted by molar-refractivity contribution is -0.130. The minimum absolute atomic E-state index is 0.0582. The van der Waals surface area contributed by atoms with Gasteiger partial charge in [0, 0.05) is 41.2 Å². The van der Waals surface area contributed by atoms with E-state index in [-0.39, 0.29) is 35.7 Å². The van der Waals surface area contributed by atoms with Crippen LogP contribution in [0.15, 0.2) is 66.7 Å². The van der Waals surface area contributed by atoms with Gasteiger partial charge in [0.25, 0.3) is 5.91 Å². The number of hydrogen-bond acceptors (Lipinski definition) is 8. The number of tetrazole rings is 1. The Morgan fingerprint density at radius 2 is 1.58 bits per heavy atom. The second kappa shape index (κ2) is 16.2. The zero-order valence-corrected chi connectivity index (χ0v) is 28.5. The molecule has 12 heteroatoms. The average Bonchev–Trinajstić information content (AvgIpc) is 3.68.